The second kappa shape index (κ2) is 21.8. The molecule has 28 nitrogen and oxygen atoms in total. The quantitative estimate of drug-likeness (QED) is 0.0611. The minimum atomic E-state index is -1.97. The third-order valence-corrected chi connectivity index (χ3v) is 12.5. The topological polar surface area (TPSA) is 480 Å². The SMILES string of the molecule is C[C@@H]1O[C@@H](OC[C@H]2O[C@@H](Oc3c(-c4ccc(O)c(O)c4)oc4cc(O)cc(O)c4c3=O)[C@H](O)[C@@H](O)[C@@H]2O)[C@H](O)[C@H](O)[C@H]1O.O=c1c(O[C@@H]2O[C@H]([C@H](O)CO)[C@H](O)[C@H]2O)c(-c2ccc(O)c(O)c2)oc2cc(O)cc(O)c12. The summed E-state index contributed by atoms with van der Waals surface area (Å²) < 4.78 is 44.3. The van der Waals surface area contributed by atoms with Gasteiger partial charge in [-0.25, -0.2) is 0 Å². The molecule has 5 heterocycles. The van der Waals surface area contributed by atoms with Gasteiger partial charge >= 0.3 is 0 Å². The first-order chi connectivity index (χ1) is 35.9. The van der Waals surface area contributed by atoms with E-state index >= 15 is 0 Å². The molecule has 3 aliphatic rings. The fourth-order valence-corrected chi connectivity index (χ4v) is 8.38. The van der Waals surface area contributed by atoms with E-state index in [1.807, 2.05) is 0 Å². The Morgan fingerprint density at radius 3 is 1.42 bits per heavy atom. The second-order valence-corrected chi connectivity index (χ2v) is 17.7. The van der Waals surface area contributed by atoms with Gasteiger partial charge in [0, 0.05) is 35.4 Å². The third-order valence-electron chi connectivity index (χ3n) is 12.5. The maximum Gasteiger partial charge on any atom is 0.239 e. The van der Waals surface area contributed by atoms with Crippen LogP contribution in [0.5, 0.6) is 57.5 Å². The number of fused-ring (bicyclic) bond motifs is 2. The van der Waals surface area contributed by atoms with Crippen LogP contribution in [0.3, 0.4) is 0 Å². The standard InChI is InChI=1S/C27H30O16.C21H20O12/c1-8-17(32)20(35)22(37)26(40-8)39-7-15-18(33)21(36)23(38)27(42-15)43-25-19(34)16-13(31)5-10(28)6-14(16)41-24(25)9-2-3-11(29)12(30)4-9;22-6-12(27)19-16(29)17(30)21(32-19)33-20-15(28)14-11(26)4-8(23)5-13(14)31-18(20)7-1-2-9(24)10(25)3-7/h2-6,8,15,17-18,20-23,26-33,35-38H,7H2,1H3;1-5,12,16-17,19,21-27,29-30H,6H2/t8-,15+,17-,18+,20+,21-,22+,23+,26+,27-;12-,16-,17-,19-,21+/m01/s1. The number of aromatic hydroxyl groups is 8. The number of rotatable bonds is 11. The van der Waals surface area contributed by atoms with Crippen molar-refractivity contribution in [3.8, 4) is 80.1 Å². The van der Waals surface area contributed by atoms with E-state index < -0.39 is 185 Å². The molecule has 9 rings (SSSR count). The van der Waals surface area contributed by atoms with E-state index in [4.69, 9.17) is 42.4 Å². The molecule has 0 amide bonds. The van der Waals surface area contributed by atoms with Gasteiger partial charge in [0.1, 0.15) is 112 Å². The lowest BCUT2D eigenvalue weighted by molar-refractivity contribution is -0.318. The van der Waals surface area contributed by atoms with Crippen LogP contribution in [0.1, 0.15) is 6.92 Å². The van der Waals surface area contributed by atoms with E-state index in [-0.39, 0.29) is 33.4 Å². The van der Waals surface area contributed by atoms with Crippen LogP contribution in [0.4, 0.5) is 0 Å². The molecule has 15 atom stereocenters. The molecule has 6 aromatic rings. The fraction of sp³-hybridized carbons (Fsp3) is 0.375. The van der Waals surface area contributed by atoms with E-state index in [0.717, 1.165) is 48.5 Å². The Morgan fingerprint density at radius 1 is 0.500 bits per heavy atom. The number of hydrogen-bond donors (Lipinski definition) is 18. The maximum absolute atomic E-state index is 13.6. The van der Waals surface area contributed by atoms with Crippen LogP contribution in [0.2, 0.25) is 0 Å². The van der Waals surface area contributed by atoms with Crippen LogP contribution >= 0.6 is 0 Å². The summed E-state index contributed by atoms with van der Waals surface area (Å²) >= 11 is 0. The van der Waals surface area contributed by atoms with Gasteiger partial charge in [-0.05, 0) is 43.3 Å². The van der Waals surface area contributed by atoms with E-state index in [9.17, 15) is 96.4 Å². The lowest BCUT2D eigenvalue weighted by Gasteiger charge is -2.42. The molecule has 0 saturated carbocycles. The average Bonchev–Trinajstić information content (AvgIpc) is 3.65. The number of ether oxygens (including phenoxy) is 6. The molecule has 410 valence electrons. The Morgan fingerprint density at radius 2 is 0.947 bits per heavy atom. The van der Waals surface area contributed by atoms with Gasteiger partial charge < -0.3 is 129 Å². The van der Waals surface area contributed by atoms with Crippen molar-refractivity contribution in [2.75, 3.05) is 13.2 Å². The Kier molecular flexibility index (Phi) is 15.7. The number of benzene rings is 4. The number of hydrogen-bond acceptors (Lipinski definition) is 28. The first kappa shape index (κ1) is 55.0. The summed E-state index contributed by atoms with van der Waals surface area (Å²) in [6.45, 7) is 0.0353. The van der Waals surface area contributed by atoms with Crippen LogP contribution in [-0.2, 0) is 18.9 Å². The highest BCUT2D eigenvalue weighted by Gasteiger charge is 2.49. The predicted molar refractivity (Wildman–Crippen MR) is 249 cm³/mol. The fourth-order valence-electron chi connectivity index (χ4n) is 8.38. The molecule has 4 aromatic carbocycles. The Bertz CT molecular complexity index is 3210. The van der Waals surface area contributed by atoms with Crippen LogP contribution in [0.15, 0.2) is 79.1 Å². The number of aliphatic hydroxyl groups is 10. The Balaban J connectivity index is 0.000000209. The van der Waals surface area contributed by atoms with Crippen molar-refractivity contribution in [1.29, 1.82) is 0 Å². The molecule has 3 fully saturated rings. The molecular weight excluding hydrogens is 1020 g/mol. The molecule has 0 bridgehead atoms. The highest BCUT2D eigenvalue weighted by Crippen LogP contribution is 2.42. The van der Waals surface area contributed by atoms with E-state index in [0.29, 0.717) is 0 Å². The van der Waals surface area contributed by atoms with Crippen molar-refractivity contribution in [2.24, 2.45) is 0 Å². The van der Waals surface area contributed by atoms with Crippen molar-refractivity contribution >= 4 is 21.9 Å². The Hall–Kier alpha value is -7.26. The summed E-state index contributed by atoms with van der Waals surface area (Å²) in [4.78, 5) is 26.8. The largest absolute Gasteiger partial charge is 0.508 e. The summed E-state index contributed by atoms with van der Waals surface area (Å²) in [5.41, 5.74) is -2.51. The van der Waals surface area contributed by atoms with Gasteiger partial charge in [-0.1, -0.05) is 0 Å². The first-order valence-electron chi connectivity index (χ1n) is 22.7. The molecule has 76 heavy (non-hydrogen) atoms. The Labute approximate surface area is 423 Å². The molecule has 18 N–H and O–H groups in total. The summed E-state index contributed by atoms with van der Waals surface area (Å²) in [5, 5.41) is 180. The molecule has 2 aromatic heterocycles. The highest BCUT2D eigenvalue weighted by molar-refractivity contribution is 5.89. The van der Waals surface area contributed by atoms with Crippen molar-refractivity contribution < 1.29 is 129 Å². The summed E-state index contributed by atoms with van der Waals surface area (Å²) in [6.07, 6.45) is -24.3. The van der Waals surface area contributed by atoms with E-state index in [1.165, 1.54) is 19.1 Å². The zero-order valence-electron chi connectivity index (χ0n) is 39.0. The van der Waals surface area contributed by atoms with Gasteiger partial charge in [-0.15, -0.1) is 0 Å². The lowest BCUT2D eigenvalue weighted by atomic mass is 9.98. The smallest absolute Gasteiger partial charge is 0.239 e. The third kappa shape index (κ3) is 10.5. The molecule has 3 saturated heterocycles. The molecule has 0 aliphatic carbocycles. The van der Waals surface area contributed by atoms with Gasteiger partial charge in [0.15, 0.2) is 40.8 Å². The van der Waals surface area contributed by atoms with Gasteiger partial charge in [0.2, 0.25) is 34.9 Å². The number of phenolic OH excluding ortho intramolecular Hbond substituents is 8. The summed E-state index contributed by atoms with van der Waals surface area (Å²) in [6, 6.07) is 10.6. The van der Waals surface area contributed by atoms with E-state index in [2.05, 4.69) is 0 Å². The molecule has 3 aliphatic heterocycles. The maximum atomic E-state index is 13.6. The zero-order chi connectivity index (χ0) is 55.3. The first-order valence-corrected chi connectivity index (χ1v) is 22.7. The van der Waals surface area contributed by atoms with Crippen LogP contribution in [0.25, 0.3) is 44.6 Å². The van der Waals surface area contributed by atoms with Gasteiger partial charge in [0.25, 0.3) is 0 Å². The lowest BCUT2D eigenvalue weighted by Crippen LogP contribution is -2.61. The molecule has 0 radical (unpaired) electrons. The summed E-state index contributed by atoms with van der Waals surface area (Å²) in [5.74, 6) is -6.33. The zero-order valence-corrected chi connectivity index (χ0v) is 39.0. The van der Waals surface area contributed by atoms with E-state index in [1.54, 1.807) is 0 Å². The van der Waals surface area contributed by atoms with Crippen LogP contribution in [0, 0.1) is 0 Å². The normalized spacial score (nSPS) is 28.9. The predicted octanol–water partition coefficient (Wildman–Crippen LogP) is -2.23. The molecule has 0 unspecified atom stereocenters. The highest BCUT2D eigenvalue weighted by atomic mass is 16.7. The van der Waals surface area contributed by atoms with Crippen molar-refractivity contribution in [3.05, 3.63) is 81.1 Å². The van der Waals surface area contributed by atoms with Gasteiger partial charge in [0.05, 0.1) is 19.3 Å². The number of phenols is 8. The average molecular weight is 1070 g/mol. The van der Waals surface area contributed by atoms with Crippen molar-refractivity contribution in [1.82, 2.24) is 0 Å². The van der Waals surface area contributed by atoms with Gasteiger partial charge in [-0.2, -0.15) is 0 Å². The van der Waals surface area contributed by atoms with Gasteiger partial charge in [-0.3, -0.25) is 9.59 Å². The van der Waals surface area contributed by atoms with Crippen molar-refractivity contribution in [2.45, 2.75) is 99.0 Å². The minimum absolute atomic E-state index is 0.0297. The summed E-state index contributed by atoms with van der Waals surface area (Å²) in [7, 11) is 0. The molecular formula is C48H50O28. The monoisotopic (exact) mass is 1070 g/mol. The van der Waals surface area contributed by atoms with Crippen LogP contribution < -0.4 is 20.3 Å². The molecule has 28 heteroatoms. The number of aliphatic hydroxyl groups excluding tert-OH is 10. The molecule has 0 spiro atoms. The second-order valence-electron chi connectivity index (χ2n) is 17.7. The minimum Gasteiger partial charge on any atom is -0.508 e. The van der Waals surface area contributed by atoms with Crippen LogP contribution in [-0.4, -0.2) is 197 Å². The van der Waals surface area contributed by atoms with Crippen molar-refractivity contribution in [3.63, 3.8) is 0 Å².